The van der Waals surface area contributed by atoms with Crippen LogP contribution < -0.4 is 32.6 Å². The Morgan fingerprint density at radius 1 is 0.426 bits per heavy atom. The van der Waals surface area contributed by atoms with E-state index in [1.54, 1.807) is 0 Å². The normalized spacial score (nSPS) is 19.0. The van der Waals surface area contributed by atoms with Gasteiger partial charge in [-0.15, -0.1) is 0 Å². The molecule has 2 aromatic carbocycles. The van der Waals surface area contributed by atoms with Crippen LogP contribution in [0.15, 0.2) is 60.7 Å². The van der Waals surface area contributed by atoms with Crippen LogP contribution in [0.2, 0.25) is 0 Å². The monoisotopic (exact) mass is 752 g/mol. The molecule has 1 heterocycles. The highest BCUT2D eigenvalue weighted by atomic mass is 16.2. The number of nitrogens with zero attached hydrogens (tertiary/aromatic N) is 6. The number of rotatable bonds is 8. The Morgan fingerprint density at radius 2 is 0.704 bits per heavy atom. The Morgan fingerprint density at radius 3 is 1.04 bits per heavy atom. The molecule has 0 bridgehead atoms. The number of nitrogens with one attached hydrogen (secondary N) is 6. The average molecular weight is 753 g/mol. The number of likely N-dealkylation sites (N-methyl/N-ethyl adjacent to an activating group) is 2. The van der Waals surface area contributed by atoms with Crippen molar-refractivity contribution in [2.24, 2.45) is 11.8 Å². The zero-order chi connectivity index (χ0) is 39.6. The Labute approximate surface area is 317 Å². The van der Waals surface area contributed by atoms with E-state index in [2.05, 4.69) is 32.6 Å². The highest BCUT2D eigenvalue weighted by Gasteiger charge is 2.23. The molecule has 3 rings (SSSR count). The van der Waals surface area contributed by atoms with Gasteiger partial charge in [0.05, 0.1) is 39.3 Å². The van der Waals surface area contributed by atoms with Gasteiger partial charge < -0.3 is 0 Å². The van der Waals surface area contributed by atoms with E-state index < -0.39 is 35.4 Å². The van der Waals surface area contributed by atoms with Gasteiger partial charge in [-0.1, -0.05) is 88.4 Å². The lowest BCUT2D eigenvalue weighted by atomic mass is 10.2. The third kappa shape index (κ3) is 17.7. The van der Waals surface area contributed by atoms with E-state index in [0.717, 1.165) is 11.1 Å². The van der Waals surface area contributed by atoms with Gasteiger partial charge in [-0.05, 0) is 23.0 Å². The highest BCUT2D eigenvalue weighted by Crippen LogP contribution is 2.05. The summed E-state index contributed by atoms with van der Waals surface area (Å²) >= 11 is 0. The zero-order valence-corrected chi connectivity index (χ0v) is 32.1. The van der Waals surface area contributed by atoms with Crippen LogP contribution >= 0.6 is 0 Å². The SMILES string of the molecule is CC(C)CN1CC(=O)NN(C)CC(=O)NN(Cc2ccccc2)CC(=O)NN(CC(C)C)CC(=O)NN(C)CC(=O)NN(Cc2ccccc2)CC(=O)N1. The summed E-state index contributed by atoms with van der Waals surface area (Å²) in [7, 11) is 3.05. The van der Waals surface area contributed by atoms with Crippen LogP contribution in [0.5, 0.6) is 0 Å². The first-order valence-corrected chi connectivity index (χ1v) is 17.9. The molecule has 0 saturated carbocycles. The van der Waals surface area contributed by atoms with Gasteiger partial charge in [-0.3, -0.25) is 61.3 Å². The Bertz CT molecular complexity index is 1420. The van der Waals surface area contributed by atoms with Crippen LogP contribution in [0.25, 0.3) is 0 Å². The van der Waals surface area contributed by atoms with E-state index in [9.17, 15) is 28.8 Å². The second-order valence-corrected chi connectivity index (χ2v) is 14.2. The van der Waals surface area contributed by atoms with Crippen molar-refractivity contribution < 1.29 is 28.8 Å². The van der Waals surface area contributed by atoms with Crippen LogP contribution in [0.1, 0.15) is 38.8 Å². The second-order valence-electron chi connectivity index (χ2n) is 14.2. The third-order valence-corrected chi connectivity index (χ3v) is 7.47. The fourth-order valence-electron chi connectivity index (χ4n) is 5.61. The van der Waals surface area contributed by atoms with Crippen LogP contribution in [0, 0.1) is 11.8 Å². The molecule has 54 heavy (non-hydrogen) atoms. The van der Waals surface area contributed by atoms with Gasteiger partial charge >= 0.3 is 0 Å². The van der Waals surface area contributed by atoms with Crippen LogP contribution in [-0.4, -0.2) is 132 Å². The second kappa shape index (κ2) is 22.3. The maximum absolute atomic E-state index is 13.4. The van der Waals surface area contributed by atoms with Crippen molar-refractivity contribution in [1.82, 2.24) is 62.6 Å². The summed E-state index contributed by atoms with van der Waals surface area (Å²) < 4.78 is 0. The predicted molar refractivity (Wildman–Crippen MR) is 201 cm³/mol. The number of carbonyl (C=O) groups excluding carboxylic acids is 6. The molecule has 2 aromatic rings. The average Bonchev–Trinajstić information content (AvgIpc) is 3.03. The van der Waals surface area contributed by atoms with Gasteiger partial charge in [-0.2, -0.15) is 0 Å². The molecule has 1 fully saturated rings. The van der Waals surface area contributed by atoms with Gasteiger partial charge in [0.2, 0.25) is 35.4 Å². The minimum atomic E-state index is -0.495. The van der Waals surface area contributed by atoms with Crippen LogP contribution in [0.3, 0.4) is 0 Å². The van der Waals surface area contributed by atoms with E-state index in [-0.39, 0.29) is 64.2 Å². The molecule has 0 aliphatic carbocycles. The van der Waals surface area contributed by atoms with Crippen LogP contribution in [-0.2, 0) is 41.9 Å². The van der Waals surface area contributed by atoms with E-state index >= 15 is 0 Å². The van der Waals surface area contributed by atoms with E-state index in [1.165, 1.54) is 44.1 Å². The fraction of sp³-hybridized carbons (Fsp3) is 0.500. The van der Waals surface area contributed by atoms with E-state index in [1.807, 2.05) is 88.4 Å². The quantitative estimate of drug-likeness (QED) is 0.193. The first-order chi connectivity index (χ1) is 25.6. The number of amides is 6. The lowest BCUT2D eigenvalue weighted by Crippen LogP contribution is -2.57. The third-order valence-electron chi connectivity index (χ3n) is 7.47. The van der Waals surface area contributed by atoms with Crippen molar-refractivity contribution in [2.45, 2.75) is 40.8 Å². The predicted octanol–water partition coefficient (Wildman–Crippen LogP) is -1.03. The van der Waals surface area contributed by atoms with Crippen molar-refractivity contribution in [2.75, 3.05) is 66.5 Å². The number of carbonyl (C=O) groups is 6. The molecule has 6 amide bonds. The van der Waals surface area contributed by atoms with Crippen molar-refractivity contribution >= 4 is 35.4 Å². The summed E-state index contributed by atoms with van der Waals surface area (Å²) in [6, 6.07) is 18.5. The molecule has 0 radical (unpaired) electrons. The summed E-state index contributed by atoms with van der Waals surface area (Å²) in [4.78, 5) is 79.3. The lowest BCUT2D eigenvalue weighted by Gasteiger charge is -2.29. The molecule has 1 aliphatic heterocycles. The molecule has 18 nitrogen and oxygen atoms in total. The van der Waals surface area contributed by atoms with Crippen molar-refractivity contribution in [3.05, 3.63) is 71.8 Å². The minimum absolute atomic E-state index is 0.0737. The number of hydrazine groups is 6. The van der Waals surface area contributed by atoms with Gasteiger partial charge in [0.25, 0.3) is 0 Å². The first kappa shape index (κ1) is 43.4. The van der Waals surface area contributed by atoms with E-state index in [4.69, 9.17) is 0 Å². The molecule has 0 atom stereocenters. The molecular formula is C36H56N12O6. The molecule has 0 unspecified atom stereocenters. The molecule has 1 saturated heterocycles. The summed E-state index contributed by atoms with van der Waals surface area (Å²) in [5.41, 5.74) is 18.0. The lowest BCUT2D eigenvalue weighted by molar-refractivity contribution is -0.134. The molecule has 296 valence electrons. The molecule has 1 aliphatic rings. The van der Waals surface area contributed by atoms with Gasteiger partial charge in [0.15, 0.2) is 0 Å². The Hall–Kier alpha value is -4.98. The van der Waals surface area contributed by atoms with Crippen molar-refractivity contribution in [1.29, 1.82) is 0 Å². The standard InChI is InChI=1S/C36H56N12O6/c1-27(2)17-45-23-33(51)37-43(5)21-31(49)40-48(20-30-15-11-8-12-16-30)26-36(54)42-46(18-28(3)4)24-34(52)38-44(6)22-32(50)39-47(25-35(53)41-45)19-29-13-9-7-10-14-29/h7-16,27-28H,17-26H2,1-6H3,(H,37,51)(H,38,52)(H,39,50)(H,40,49)(H,41,53)(H,42,54). The number of hydrogen-bond donors (Lipinski definition) is 6. The topological polar surface area (TPSA) is 194 Å². The van der Waals surface area contributed by atoms with Crippen LogP contribution in [0.4, 0.5) is 0 Å². The maximum Gasteiger partial charge on any atom is 0.250 e. The molecule has 6 N–H and O–H groups in total. The van der Waals surface area contributed by atoms with Crippen molar-refractivity contribution in [3.8, 4) is 0 Å². The van der Waals surface area contributed by atoms with Gasteiger partial charge in [0, 0.05) is 40.3 Å². The molecular weight excluding hydrogens is 696 g/mol. The van der Waals surface area contributed by atoms with Gasteiger partial charge in [0.1, 0.15) is 0 Å². The van der Waals surface area contributed by atoms with Gasteiger partial charge in [-0.25, -0.2) is 30.1 Å². The number of hydrogen-bond acceptors (Lipinski definition) is 12. The summed E-state index contributed by atoms with van der Waals surface area (Å²) in [5.74, 6) is -2.76. The maximum atomic E-state index is 13.4. The Kier molecular flexibility index (Phi) is 17.9. The van der Waals surface area contributed by atoms with Crippen molar-refractivity contribution in [3.63, 3.8) is 0 Å². The zero-order valence-electron chi connectivity index (χ0n) is 32.1. The largest absolute Gasteiger partial charge is 0.287 e. The first-order valence-electron chi connectivity index (χ1n) is 17.9. The summed E-state index contributed by atoms with van der Waals surface area (Å²) in [6.45, 7) is 7.35. The Balaban J connectivity index is 1.85. The fourth-order valence-corrected chi connectivity index (χ4v) is 5.61. The number of benzene rings is 2. The summed E-state index contributed by atoms with van der Waals surface area (Å²) in [6.07, 6.45) is 0. The molecule has 0 spiro atoms. The molecule has 18 heteroatoms. The molecule has 0 aromatic heterocycles. The minimum Gasteiger partial charge on any atom is -0.287 e. The smallest absolute Gasteiger partial charge is 0.250 e. The highest BCUT2D eigenvalue weighted by molar-refractivity contribution is 5.83. The summed E-state index contributed by atoms with van der Waals surface area (Å²) in [5, 5.41) is 8.46. The van der Waals surface area contributed by atoms with E-state index in [0.29, 0.717) is 13.1 Å².